The first-order chi connectivity index (χ1) is 10.2. The number of anilines is 1. The number of halogens is 3. The van der Waals surface area contributed by atoms with Gasteiger partial charge < -0.3 is 5.11 Å². The lowest BCUT2D eigenvalue weighted by atomic mass is 10.3. The normalized spacial score (nSPS) is 11.2. The summed E-state index contributed by atoms with van der Waals surface area (Å²) in [4.78, 5) is 13.9. The minimum absolute atomic E-state index is 0.357. The van der Waals surface area contributed by atoms with Crippen LogP contribution in [-0.4, -0.2) is 24.5 Å². The molecule has 22 heavy (non-hydrogen) atoms. The van der Waals surface area contributed by atoms with Gasteiger partial charge in [-0.15, -0.1) is 0 Å². The number of nitrogens with one attached hydrogen (secondary N) is 1. The molecule has 1 heterocycles. The second-order valence-corrected chi connectivity index (χ2v) is 6.12. The van der Waals surface area contributed by atoms with Gasteiger partial charge in [0.25, 0.3) is 10.0 Å². The van der Waals surface area contributed by atoms with Gasteiger partial charge in [0.1, 0.15) is 21.7 Å². The van der Waals surface area contributed by atoms with Crippen molar-refractivity contribution in [2.75, 3.05) is 4.72 Å². The molecule has 116 valence electrons. The van der Waals surface area contributed by atoms with E-state index < -0.39 is 38.1 Å². The number of hydrogen-bond donors (Lipinski definition) is 2. The minimum atomic E-state index is -4.29. The average Bonchev–Trinajstić information content (AvgIpc) is 2.36. The molecular formula is C12H7ClF2N2O4S. The molecule has 6 nitrogen and oxygen atoms in total. The highest BCUT2D eigenvalue weighted by atomic mass is 35.5. The maximum Gasteiger partial charge on any atom is 0.338 e. The number of sulfonamides is 1. The van der Waals surface area contributed by atoms with Crippen molar-refractivity contribution in [2.45, 2.75) is 4.90 Å². The number of rotatable bonds is 4. The summed E-state index contributed by atoms with van der Waals surface area (Å²) in [5.41, 5.74) is -0.876. The summed E-state index contributed by atoms with van der Waals surface area (Å²) in [6, 6.07) is 2.89. The Morgan fingerprint density at radius 3 is 2.32 bits per heavy atom. The second kappa shape index (κ2) is 5.85. The second-order valence-electron chi connectivity index (χ2n) is 4.08. The van der Waals surface area contributed by atoms with Crippen molar-refractivity contribution in [1.29, 1.82) is 0 Å². The molecule has 0 radical (unpaired) electrons. The number of aromatic carboxylic acids is 1. The first-order valence-electron chi connectivity index (χ1n) is 5.57. The number of pyridine rings is 1. The average molecular weight is 349 g/mol. The standard InChI is InChI=1S/C12H7ClF2N2O4S/c13-11-10(12(18)19)4-9(5-16-11)22(20,21)17-8-2-6(14)1-7(15)3-8/h1-5,17H,(H,18,19). The number of nitrogens with zero attached hydrogens (tertiary/aromatic N) is 1. The minimum Gasteiger partial charge on any atom is -0.478 e. The molecule has 0 aliphatic rings. The van der Waals surface area contributed by atoms with Crippen molar-refractivity contribution in [3.8, 4) is 0 Å². The predicted octanol–water partition coefficient (Wildman–Crippen LogP) is 2.51. The fourth-order valence-corrected chi connectivity index (χ4v) is 2.75. The van der Waals surface area contributed by atoms with E-state index in [0.717, 1.165) is 24.4 Å². The van der Waals surface area contributed by atoms with Crippen molar-refractivity contribution in [2.24, 2.45) is 0 Å². The number of carbonyl (C=O) groups is 1. The van der Waals surface area contributed by atoms with E-state index in [2.05, 4.69) is 4.98 Å². The number of hydrogen-bond acceptors (Lipinski definition) is 4. The van der Waals surface area contributed by atoms with E-state index in [9.17, 15) is 22.0 Å². The zero-order valence-corrected chi connectivity index (χ0v) is 12.1. The molecule has 0 atom stereocenters. The van der Waals surface area contributed by atoms with E-state index in [1.54, 1.807) is 0 Å². The Balaban J connectivity index is 2.42. The summed E-state index contributed by atoms with van der Waals surface area (Å²) < 4.78 is 52.2. The third-order valence-electron chi connectivity index (χ3n) is 2.47. The van der Waals surface area contributed by atoms with E-state index >= 15 is 0 Å². The van der Waals surface area contributed by atoms with E-state index in [-0.39, 0.29) is 10.8 Å². The number of benzene rings is 1. The fourth-order valence-electron chi connectivity index (χ4n) is 1.55. The Morgan fingerprint density at radius 2 is 1.77 bits per heavy atom. The molecule has 1 aromatic heterocycles. The molecule has 10 heteroatoms. The van der Waals surface area contributed by atoms with Crippen LogP contribution in [-0.2, 0) is 10.0 Å². The summed E-state index contributed by atoms with van der Waals surface area (Å²) in [6.45, 7) is 0. The van der Waals surface area contributed by atoms with Crippen molar-refractivity contribution in [3.05, 3.63) is 52.8 Å². The van der Waals surface area contributed by atoms with Crippen molar-refractivity contribution in [3.63, 3.8) is 0 Å². The van der Waals surface area contributed by atoms with E-state index in [0.29, 0.717) is 6.07 Å². The monoisotopic (exact) mass is 348 g/mol. The summed E-state index contributed by atoms with van der Waals surface area (Å²) in [6.07, 6.45) is 0.826. The van der Waals surface area contributed by atoms with Crippen LogP contribution in [0.15, 0.2) is 35.4 Å². The van der Waals surface area contributed by atoms with Crippen LogP contribution in [0.4, 0.5) is 14.5 Å². The summed E-state index contributed by atoms with van der Waals surface area (Å²) in [7, 11) is -4.29. The Bertz CT molecular complexity index is 838. The molecule has 0 spiro atoms. The Labute approximate surface area is 128 Å². The van der Waals surface area contributed by atoms with Crippen LogP contribution in [0.2, 0.25) is 5.15 Å². The summed E-state index contributed by atoms with van der Waals surface area (Å²) in [5, 5.41) is 8.49. The lowest BCUT2D eigenvalue weighted by Gasteiger charge is -2.09. The quantitative estimate of drug-likeness (QED) is 0.827. The van der Waals surface area contributed by atoms with Crippen LogP contribution in [0.5, 0.6) is 0 Å². The third-order valence-corrected chi connectivity index (χ3v) is 4.12. The molecular weight excluding hydrogens is 342 g/mol. The number of carboxylic acids is 1. The van der Waals surface area contributed by atoms with Crippen LogP contribution in [0.1, 0.15) is 10.4 Å². The van der Waals surface area contributed by atoms with Gasteiger partial charge in [0, 0.05) is 12.3 Å². The van der Waals surface area contributed by atoms with Gasteiger partial charge in [0.05, 0.1) is 11.3 Å². The van der Waals surface area contributed by atoms with Crippen LogP contribution in [0.3, 0.4) is 0 Å². The van der Waals surface area contributed by atoms with Crippen LogP contribution < -0.4 is 4.72 Å². The Kier molecular flexibility index (Phi) is 4.29. The number of aromatic nitrogens is 1. The van der Waals surface area contributed by atoms with Gasteiger partial charge in [-0.05, 0) is 18.2 Å². The molecule has 2 N–H and O–H groups in total. The van der Waals surface area contributed by atoms with Crippen LogP contribution in [0, 0.1) is 11.6 Å². The SMILES string of the molecule is O=C(O)c1cc(S(=O)(=O)Nc2cc(F)cc(F)c2)cnc1Cl. The van der Waals surface area contributed by atoms with Crippen LogP contribution in [0.25, 0.3) is 0 Å². The maximum atomic E-state index is 13.0. The first-order valence-corrected chi connectivity index (χ1v) is 7.43. The predicted molar refractivity (Wildman–Crippen MR) is 73.4 cm³/mol. The zero-order valence-electron chi connectivity index (χ0n) is 10.5. The largest absolute Gasteiger partial charge is 0.478 e. The number of carboxylic acid groups (broad SMARTS) is 1. The molecule has 0 fully saturated rings. The van der Waals surface area contributed by atoms with Crippen molar-refractivity contribution >= 4 is 33.3 Å². The molecule has 0 amide bonds. The van der Waals surface area contributed by atoms with Gasteiger partial charge >= 0.3 is 5.97 Å². The molecule has 0 saturated heterocycles. The Morgan fingerprint density at radius 1 is 1.18 bits per heavy atom. The van der Waals surface area contributed by atoms with E-state index in [4.69, 9.17) is 16.7 Å². The summed E-state index contributed by atoms with van der Waals surface area (Å²) >= 11 is 5.54. The molecule has 2 aromatic rings. The zero-order chi connectivity index (χ0) is 16.5. The summed E-state index contributed by atoms with van der Waals surface area (Å²) in [5.74, 6) is -3.41. The first kappa shape index (κ1) is 16.1. The third kappa shape index (κ3) is 3.49. The van der Waals surface area contributed by atoms with Crippen molar-refractivity contribution in [1.82, 2.24) is 4.98 Å². The molecule has 2 rings (SSSR count). The molecule has 1 aromatic carbocycles. The highest BCUT2D eigenvalue weighted by Gasteiger charge is 2.20. The van der Waals surface area contributed by atoms with Crippen molar-refractivity contribution < 1.29 is 27.1 Å². The van der Waals surface area contributed by atoms with Gasteiger partial charge in [0.2, 0.25) is 0 Å². The van der Waals surface area contributed by atoms with Gasteiger partial charge in [-0.25, -0.2) is 27.0 Å². The van der Waals surface area contributed by atoms with E-state index in [1.165, 1.54) is 0 Å². The highest BCUT2D eigenvalue weighted by molar-refractivity contribution is 7.92. The van der Waals surface area contributed by atoms with E-state index in [1.807, 2.05) is 4.72 Å². The van der Waals surface area contributed by atoms with Gasteiger partial charge in [0.15, 0.2) is 0 Å². The molecule has 0 aliphatic carbocycles. The molecule has 0 bridgehead atoms. The molecule has 0 aliphatic heterocycles. The smallest absolute Gasteiger partial charge is 0.338 e. The van der Waals surface area contributed by atoms with Gasteiger partial charge in [-0.3, -0.25) is 4.72 Å². The molecule has 0 saturated carbocycles. The topological polar surface area (TPSA) is 96.4 Å². The highest BCUT2D eigenvalue weighted by Crippen LogP contribution is 2.21. The van der Waals surface area contributed by atoms with Gasteiger partial charge in [-0.1, -0.05) is 11.6 Å². The lowest BCUT2D eigenvalue weighted by Crippen LogP contribution is -2.15. The van der Waals surface area contributed by atoms with Crippen LogP contribution >= 0.6 is 11.6 Å². The maximum absolute atomic E-state index is 13.0. The Hall–Kier alpha value is -2.26. The van der Waals surface area contributed by atoms with Gasteiger partial charge in [-0.2, -0.15) is 0 Å². The fraction of sp³-hybridized carbons (Fsp3) is 0. The lowest BCUT2D eigenvalue weighted by molar-refractivity contribution is 0.0696. The molecule has 0 unspecified atom stereocenters.